The molecule has 0 radical (unpaired) electrons. The lowest BCUT2D eigenvalue weighted by Crippen LogP contribution is -2.32. The van der Waals surface area contributed by atoms with Crippen LogP contribution in [-0.2, 0) is 9.59 Å². The summed E-state index contributed by atoms with van der Waals surface area (Å²) in [5.41, 5.74) is 0.726. The number of methoxy groups -OCH3 is 1. The van der Waals surface area contributed by atoms with E-state index >= 15 is 0 Å². The summed E-state index contributed by atoms with van der Waals surface area (Å²) in [5.74, 6) is 0.666. The summed E-state index contributed by atoms with van der Waals surface area (Å²) in [6, 6.07) is 7.16. The zero-order chi connectivity index (χ0) is 15.7. The monoisotopic (exact) mass is 292 g/mol. The van der Waals surface area contributed by atoms with Crippen molar-refractivity contribution in [1.82, 2.24) is 4.90 Å². The number of ether oxygens (including phenoxy) is 1. The van der Waals surface area contributed by atoms with Crippen molar-refractivity contribution in [2.75, 3.05) is 25.5 Å². The molecule has 0 unspecified atom stereocenters. The molecular weight excluding hydrogens is 268 g/mol. The van der Waals surface area contributed by atoms with E-state index in [1.54, 1.807) is 36.3 Å². The number of hydrogen-bond acceptors (Lipinski definition) is 3. The Morgan fingerprint density at radius 3 is 2.38 bits per heavy atom. The van der Waals surface area contributed by atoms with Crippen LogP contribution in [0.4, 0.5) is 5.69 Å². The van der Waals surface area contributed by atoms with E-state index in [9.17, 15) is 9.59 Å². The molecule has 0 aromatic heterocycles. The van der Waals surface area contributed by atoms with Crippen molar-refractivity contribution in [3.63, 3.8) is 0 Å². The van der Waals surface area contributed by atoms with Crippen LogP contribution in [0.2, 0.25) is 0 Å². The van der Waals surface area contributed by atoms with Crippen molar-refractivity contribution in [1.29, 1.82) is 0 Å². The molecule has 1 rings (SSSR count). The van der Waals surface area contributed by atoms with Crippen LogP contribution in [-0.4, -0.2) is 36.9 Å². The summed E-state index contributed by atoms with van der Waals surface area (Å²) in [6.45, 7) is 4.78. The standard InChI is InChI=1S/C16H24N2O3/c1-4-5-11-18(13(2)19)12-10-16(20)17-14-6-8-15(21-3)9-7-14/h6-9H,4-5,10-12H2,1-3H3,(H,17,20). The van der Waals surface area contributed by atoms with Gasteiger partial charge < -0.3 is 15.0 Å². The van der Waals surface area contributed by atoms with Crippen molar-refractivity contribution >= 4 is 17.5 Å². The van der Waals surface area contributed by atoms with Gasteiger partial charge in [-0.1, -0.05) is 13.3 Å². The first kappa shape index (κ1) is 17.0. The number of anilines is 1. The third-order valence-corrected chi connectivity index (χ3v) is 3.21. The molecule has 5 nitrogen and oxygen atoms in total. The highest BCUT2D eigenvalue weighted by Crippen LogP contribution is 2.15. The Balaban J connectivity index is 2.42. The van der Waals surface area contributed by atoms with Gasteiger partial charge in [0.15, 0.2) is 0 Å². The number of nitrogens with one attached hydrogen (secondary N) is 1. The summed E-state index contributed by atoms with van der Waals surface area (Å²) >= 11 is 0. The van der Waals surface area contributed by atoms with Crippen LogP contribution in [0.3, 0.4) is 0 Å². The maximum absolute atomic E-state index is 11.9. The highest BCUT2D eigenvalue weighted by molar-refractivity contribution is 5.91. The molecule has 0 fully saturated rings. The number of rotatable bonds is 8. The normalized spacial score (nSPS) is 10.0. The van der Waals surface area contributed by atoms with Gasteiger partial charge in [0.05, 0.1) is 7.11 Å². The highest BCUT2D eigenvalue weighted by atomic mass is 16.5. The molecule has 0 saturated heterocycles. The van der Waals surface area contributed by atoms with Crippen molar-refractivity contribution in [2.24, 2.45) is 0 Å². The van der Waals surface area contributed by atoms with E-state index in [0.717, 1.165) is 24.3 Å². The fourth-order valence-corrected chi connectivity index (χ4v) is 1.91. The molecule has 0 spiro atoms. The number of carbonyl (C=O) groups excluding carboxylic acids is 2. The minimum atomic E-state index is -0.0945. The second-order valence-corrected chi connectivity index (χ2v) is 4.89. The Hall–Kier alpha value is -2.04. The Morgan fingerprint density at radius 2 is 1.86 bits per heavy atom. The molecule has 21 heavy (non-hydrogen) atoms. The zero-order valence-corrected chi connectivity index (χ0v) is 13.0. The van der Waals surface area contributed by atoms with Crippen LogP contribution in [0.1, 0.15) is 33.1 Å². The summed E-state index contributed by atoms with van der Waals surface area (Å²) in [4.78, 5) is 25.1. The fraction of sp³-hybridized carbons (Fsp3) is 0.500. The molecule has 0 bridgehead atoms. The van der Waals surface area contributed by atoms with Gasteiger partial charge in [0.2, 0.25) is 11.8 Å². The molecule has 5 heteroatoms. The number of nitrogens with zero attached hydrogens (tertiary/aromatic N) is 1. The number of amides is 2. The van der Waals surface area contributed by atoms with Crippen molar-refractivity contribution in [2.45, 2.75) is 33.1 Å². The SMILES string of the molecule is CCCCN(CCC(=O)Nc1ccc(OC)cc1)C(C)=O. The molecule has 0 saturated carbocycles. The van der Waals surface area contributed by atoms with Crippen LogP contribution in [0, 0.1) is 0 Å². The third kappa shape index (κ3) is 6.29. The lowest BCUT2D eigenvalue weighted by Gasteiger charge is -2.20. The van der Waals surface area contributed by atoms with Gasteiger partial charge in [0.1, 0.15) is 5.75 Å². The third-order valence-electron chi connectivity index (χ3n) is 3.21. The molecule has 1 N–H and O–H groups in total. The van der Waals surface area contributed by atoms with Crippen molar-refractivity contribution in [3.05, 3.63) is 24.3 Å². The molecule has 0 heterocycles. The molecule has 1 aromatic carbocycles. The predicted molar refractivity (Wildman–Crippen MR) is 83.4 cm³/mol. The second kappa shape index (κ2) is 9.00. The van der Waals surface area contributed by atoms with Gasteiger partial charge in [0, 0.05) is 32.1 Å². The first-order valence-corrected chi connectivity index (χ1v) is 7.26. The minimum Gasteiger partial charge on any atom is -0.497 e. The average molecular weight is 292 g/mol. The lowest BCUT2D eigenvalue weighted by atomic mass is 10.2. The quantitative estimate of drug-likeness (QED) is 0.801. The largest absolute Gasteiger partial charge is 0.497 e. The highest BCUT2D eigenvalue weighted by Gasteiger charge is 2.10. The molecule has 0 atom stereocenters. The fourth-order valence-electron chi connectivity index (χ4n) is 1.91. The van der Waals surface area contributed by atoms with E-state index in [2.05, 4.69) is 12.2 Å². The van der Waals surface area contributed by atoms with E-state index in [1.165, 1.54) is 6.92 Å². The van der Waals surface area contributed by atoms with Gasteiger partial charge in [-0.2, -0.15) is 0 Å². The first-order chi connectivity index (χ1) is 10.1. The van der Waals surface area contributed by atoms with Gasteiger partial charge >= 0.3 is 0 Å². The van der Waals surface area contributed by atoms with Gasteiger partial charge in [-0.15, -0.1) is 0 Å². The summed E-state index contributed by atoms with van der Waals surface area (Å²) in [7, 11) is 1.60. The van der Waals surface area contributed by atoms with Crippen LogP contribution in [0.5, 0.6) is 5.75 Å². The van der Waals surface area contributed by atoms with Gasteiger partial charge in [-0.3, -0.25) is 9.59 Å². The van der Waals surface area contributed by atoms with Crippen LogP contribution in [0.25, 0.3) is 0 Å². The Kier molecular flexibility index (Phi) is 7.29. The molecular formula is C16H24N2O3. The Morgan fingerprint density at radius 1 is 1.19 bits per heavy atom. The minimum absolute atomic E-state index is 0.0145. The van der Waals surface area contributed by atoms with Gasteiger partial charge in [-0.05, 0) is 30.7 Å². The van der Waals surface area contributed by atoms with E-state index in [4.69, 9.17) is 4.74 Å². The molecule has 0 aliphatic carbocycles. The molecule has 0 aliphatic heterocycles. The van der Waals surface area contributed by atoms with E-state index in [1.807, 2.05) is 0 Å². The molecule has 0 aliphatic rings. The molecule has 2 amide bonds. The van der Waals surface area contributed by atoms with E-state index in [-0.39, 0.29) is 11.8 Å². The van der Waals surface area contributed by atoms with Gasteiger partial charge in [0.25, 0.3) is 0 Å². The van der Waals surface area contributed by atoms with E-state index in [0.29, 0.717) is 19.5 Å². The predicted octanol–water partition coefficient (Wildman–Crippen LogP) is 2.67. The number of carbonyl (C=O) groups is 2. The number of hydrogen-bond donors (Lipinski definition) is 1. The van der Waals surface area contributed by atoms with Crippen LogP contribution in [0.15, 0.2) is 24.3 Å². The van der Waals surface area contributed by atoms with Gasteiger partial charge in [-0.25, -0.2) is 0 Å². The Bertz CT molecular complexity index is 457. The zero-order valence-electron chi connectivity index (χ0n) is 13.0. The first-order valence-electron chi connectivity index (χ1n) is 7.26. The van der Waals surface area contributed by atoms with E-state index < -0.39 is 0 Å². The summed E-state index contributed by atoms with van der Waals surface area (Å²) in [5, 5.41) is 2.81. The Labute approximate surface area is 126 Å². The maximum atomic E-state index is 11.9. The van der Waals surface area contributed by atoms with Crippen LogP contribution < -0.4 is 10.1 Å². The topological polar surface area (TPSA) is 58.6 Å². The summed E-state index contributed by atoms with van der Waals surface area (Å²) < 4.78 is 5.06. The van der Waals surface area contributed by atoms with Crippen molar-refractivity contribution in [3.8, 4) is 5.75 Å². The number of benzene rings is 1. The number of unbranched alkanes of at least 4 members (excludes halogenated alkanes) is 1. The summed E-state index contributed by atoms with van der Waals surface area (Å²) in [6.07, 6.45) is 2.29. The van der Waals surface area contributed by atoms with Crippen molar-refractivity contribution < 1.29 is 14.3 Å². The molecule has 116 valence electrons. The van der Waals surface area contributed by atoms with Crippen LogP contribution >= 0.6 is 0 Å². The molecule has 1 aromatic rings. The maximum Gasteiger partial charge on any atom is 0.226 e. The lowest BCUT2D eigenvalue weighted by molar-refractivity contribution is -0.129. The average Bonchev–Trinajstić information content (AvgIpc) is 2.47. The smallest absolute Gasteiger partial charge is 0.226 e. The second-order valence-electron chi connectivity index (χ2n) is 4.89.